The quantitative estimate of drug-likeness (QED) is 0.773. The fourth-order valence-corrected chi connectivity index (χ4v) is 3.39. The Morgan fingerprint density at radius 1 is 1.14 bits per heavy atom. The second kappa shape index (κ2) is 8.10. The molecular formula is C14H21ClN2O3S. The highest BCUT2D eigenvalue weighted by Crippen LogP contribution is 2.13. The first-order chi connectivity index (χ1) is 10.1. The van der Waals surface area contributed by atoms with E-state index in [-0.39, 0.29) is 4.90 Å². The summed E-state index contributed by atoms with van der Waals surface area (Å²) in [5.74, 6) is 0. The zero-order valence-corrected chi connectivity index (χ0v) is 13.5. The molecule has 0 amide bonds. The van der Waals surface area contributed by atoms with E-state index >= 15 is 0 Å². The smallest absolute Gasteiger partial charge is 0.240 e. The number of nitrogens with one attached hydrogen (secondary N) is 1. The van der Waals surface area contributed by atoms with E-state index in [1.165, 1.54) is 12.1 Å². The average Bonchev–Trinajstić information content (AvgIpc) is 2.48. The van der Waals surface area contributed by atoms with Gasteiger partial charge in [0.25, 0.3) is 0 Å². The van der Waals surface area contributed by atoms with Crippen LogP contribution in [0.25, 0.3) is 0 Å². The van der Waals surface area contributed by atoms with Crippen molar-refractivity contribution in [3.8, 4) is 0 Å². The third-order valence-corrected chi connectivity index (χ3v) is 5.15. The zero-order chi connectivity index (χ0) is 15.1. The molecule has 1 heterocycles. The molecule has 21 heavy (non-hydrogen) atoms. The highest BCUT2D eigenvalue weighted by Gasteiger charge is 2.13. The number of unbranched alkanes of at least 4 members (excludes halogenated alkanes) is 1. The van der Waals surface area contributed by atoms with Crippen LogP contribution in [-0.2, 0) is 14.8 Å². The zero-order valence-electron chi connectivity index (χ0n) is 11.9. The summed E-state index contributed by atoms with van der Waals surface area (Å²) in [6, 6.07) is 6.18. The molecule has 0 aromatic heterocycles. The van der Waals surface area contributed by atoms with E-state index < -0.39 is 10.0 Å². The van der Waals surface area contributed by atoms with E-state index in [0.717, 1.165) is 45.7 Å². The van der Waals surface area contributed by atoms with Gasteiger partial charge in [-0.05, 0) is 43.7 Å². The molecular weight excluding hydrogens is 312 g/mol. The molecule has 1 aromatic rings. The molecule has 7 heteroatoms. The van der Waals surface area contributed by atoms with Gasteiger partial charge in [-0.2, -0.15) is 0 Å². The Morgan fingerprint density at radius 2 is 1.81 bits per heavy atom. The summed E-state index contributed by atoms with van der Waals surface area (Å²) in [5.41, 5.74) is 0. The van der Waals surface area contributed by atoms with Crippen LogP contribution < -0.4 is 4.72 Å². The Balaban J connectivity index is 1.68. The molecule has 0 atom stereocenters. The Bertz CT molecular complexity index is 528. The van der Waals surface area contributed by atoms with Crippen molar-refractivity contribution in [1.82, 2.24) is 9.62 Å². The molecule has 0 saturated carbocycles. The maximum atomic E-state index is 12.0. The molecule has 2 rings (SSSR count). The lowest BCUT2D eigenvalue weighted by Gasteiger charge is -2.26. The first-order valence-electron chi connectivity index (χ1n) is 7.13. The number of morpholine rings is 1. The van der Waals surface area contributed by atoms with E-state index in [0.29, 0.717) is 11.6 Å². The van der Waals surface area contributed by atoms with Crippen molar-refractivity contribution in [2.45, 2.75) is 17.7 Å². The molecule has 0 bridgehead atoms. The van der Waals surface area contributed by atoms with E-state index in [2.05, 4.69) is 9.62 Å². The fraction of sp³-hybridized carbons (Fsp3) is 0.571. The number of halogens is 1. The summed E-state index contributed by atoms with van der Waals surface area (Å²) in [7, 11) is -3.42. The van der Waals surface area contributed by atoms with Crippen LogP contribution >= 0.6 is 11.6 Å². The van der Waals surface area contributed by atoms with Gasteiger partial charge in [0.2, 0.25) is 10.0 Å². The number of sulfonamides is 1. The van der Waals surface area contributed by atoms with Crippen LogP contribution in [0, 0.1) is 0 Å². The Labute approximate surface area is 131 Å². The van der Waals surface area contributed by atoms with Crippen molar-refractivity contribution in [3.63, 3.8) is 0 Å². The van der Waals surface area contributed by atoms with Crippen molar-refractivity contribution < 1.29 is 13.2 Å². The van der Waals surface area contributed by atoms with Crippen molar-refractivity contribution in [2.24, 2.45) is 0 Å². The molecule has 0 spiro atoms. The molecule has 1 saturated heterocycles. The van der Waals surface area contributed by atoms with Crippen molar-refractivity contribution >= 4 is 21.6 Å². The van der Waals surface area contributed by atoms with E-state index in [1.807, 2.05) is 0 Å². The first kappa shape index (κ1) is 16.7. The maximum Gasteiger partial charge on any atom is 0.240 e. The van der Waals surface area contributed by atoms with Gasteiger partial charge in [0.15, 0.2) is 0 Å². The molecule has 0 aliphatic carbocycles. The lowest BCUT2D eigenvalue weighted by molar-refractivity contribution is 0.0372. The first-order valence-corrected chi connectivity index (χ1v) is 8.99. The van der Waals surface area contributed by atoms with Gasteiger partial charge < -0.3 is 4.74 Å². The van der Waals surface area contributed by atoms with Crippen molar-refractivity contribution in [1.29, 1.82) is 0 Å². The van der Waals surface area contributed by atoms with Gasteiger partial charge in [-0.25, -0.2) is 13.1 Å². The van der Waals surface area contributed by atoms with E-state index in [1.54, 1.807) is 12.1 Å². The molecule has 1 aromatic carbocycles. The third-order valence-electron chi connectivity index (χ3n) is 3.42. The average molecular weight is 333 g/mol. The molecule has 118 valence electrons. The number of hydrogen-bond donors (Lipinski definition) is 1. The summed E-state index contributed by atoms with van der Waals surface area (Å²) in [5, 5.41) is 0.527. The standard InChI is InChI=1S/C14H21ClN2O3S/c15-13-3-5-14(6-4-13)21(18,19)16-7-1-2-8-17-9-11-20-12-10-17/h3-6,16H,1-2,7-12H2. The molecule has 5 nitrogen and oxygen atoms in total. The van der Waals surface area contributed by atoms with Gasteiger partial charge in [0.1, 0.15) is 0 Å². The van der Waals surface area contributed by atoms with E-state index in [9.17, 15) is 8.42 Å². The topological polar surface area (TPSA) is 58.6 Å². The number of benzene rings is 1. The number of rotatable bonds is 7. The van der Waals surface area contributed by atoms with Crippen LogP contribution in [0.1, 0.15) is 12.8 Å². The second-order valence-corrected chi connectivity index (χ2v) is 7.22. The van der Waals surface area contributed by atoms with Crippen LogP contribution in [-0.4, -0.2) is 52.7 Å². The Morgan fingerprint density at radius 3 is 2.48 bits per heavy atom. The summed E-state index contributed by atoms with van der Waals surface area (Å²) >= 11 is 5.75. The minimum atomic E-state index is -3.42. The number of hydrogen-bond acceptors (Lipinski definition) is 4. The molecule has 0 radical (unpaired) electrons. The Kier molecular flexibility index (Phi) is 6.44. The predicted octanol–water partition coefficient (Wildman–Crippen LogP) is 1.73. The monoisotopic (exact) mass is 332 g/mol. The van der Waals surface area contributed by atoms with Gasteiger partial charge in [0.05, 0.1) is 18.1 Å². The van der Waals surface area contributed by atoms with Crippen molar-refractivity contribution in [3.05, 3.63) is 29.3 Å². The number of nitrogens with zero attached hydrogens (tertiary/aromatic N) is 1. The normalized spacial score (nSPS) is 17.0. The van der Waals surface area contributed by atoms with Gasteiger partial charge in [-0.15, -0.1) is 0 Å². The SMILES string of the molecule is O=S(=O)(NCCCCN1CCOCC1)c1ccc(Cl)cc1. The lowest BCUT2D eigenvalue weighted by atomic mass is 10.3. The summed E-state index contributed by atoms with van der Waals surface area (Å²) in [6.07, 6.45) is 1.80. The van der Waals surface area contributed by atoms with Crippen LogP contribution in [0.2, 0.25) is 5.02 Å². The third kappa shape index (κ3) is 5.56. The largest absolute Gasteiger partial charge is 0.379 e. The molecule has 1 aliphatic heterocycles. The van der Waals surface area contributed by atoms with Gasteiger partial charge in [-0.1, -0.05) is 11.6 Å². The highest BCUT2D eigenvalue weighted by molar-refractivity contribution is 7.89. The maximum absolute atomic E-state index is 12.0. The van der Waals surface area contributed by atoms with Crippen LogP contribution in [0.5, 0.6) is 0 Å². The summed E-state index contributed by atoms with van der Waals surface area (Å²) in [4.78, 5) is 2.59. The van der Waals surface area contributed by atoms with Gasteiger partial charge in [-0.3, -0.25) is 4.90 Å². The van der Waals surface area contributed by atoms with E-state index in [4.69, 9.17) is 16.3 Å². The minimum absolute atomic E-state index is 0.250. The lowest BCUT2D eigenvalue weighted by Crippen LogP contribution is -2.37. The summed E-state index contributed by atoms with van der Waals surface area (Å²) in [6.45, 7) is 4.97. The van der Waals surface area contributed by atoms with Crippen molar-refractivity contribution in [2.75, 3.05) is 39.4 Å². The van der Waals surface area contributed by atoms with Gasteiger partial charge in [0, 0.05) is 24.7 Å². The number of ether oxygens (including phenoxy) is 1. The predicted molar refractivity (Wildman–Crippen MR) is 83.1 cm³/mol. The molecule has 1 N–H and O–H groups in total. The van der Waals surface area contributed by atoms with Crippen LogP contribution in [0.4, 0.5) is 0 Å². The van der Waals surface area contributed by atoms with Crippen LogP contribution in [0.15, 0.2) is 29.2 Å². The van der Waals surface area contributed by atoms with Gasteiger partial charge >= 0.3 is 0 Å². The molecule has 1 aliphatic rings. The molecule has 1 fully saturated rings. The minimum Gasteiger partial charge on any atom is -0.379 e. The van der Waals surface area contributed by atoms with Crippen LogP contribution in [0.3, 0.4) is 0 Å². The Hall–Kier alpha value is -0.660. The highest BCUT2D eigenvalue weighted by atomic mass is 35.5. The summed E-state index contributed by atoms with van der Waals surface area (Å²) < 4.78 is 32.0. The fourth-order valence-electron chi connectivity index (χ4n) is 2.19. The molecule has 0 unspecified atom stereocenters. The second-order valence-electron chi connectivity index (χ2n) is 5.01.